The van der Waals surface area contributed by atoms with Crippen LogP contribution in [0.15, 0.2) is 30.3 Å². The second-order valence-electron chi connectivity index (χ2n) is 7.96. The summed E-state index contributed by atoms with van der Waals surface area (Å²) in [6, 6.07) is 7.85. The number of carbonyl (C=O) groups excluding carboxylic acids is 1. The molecule has 0 unspecified atom stereocenters. The first kappa shape index (κ1) is 19.6. The summed E-state index contributed by atoms with van der Waals surface area (Å²) in [5.41, 5.74) is 2.06. The Morgan fingerprint density at radius 3 is 2.69 bits per heavy atom. The predicted octanol–water partition coefficient (Wildman–Crippen LogP) is 2.18. The van der Waals surface area contributed by atoms with Gasteiger partial charge in [-0.1, -0.05) is 12.1 Å². The van der Waals surface area contributed by atoms with E-state index in [9.17, 15) is 14.0 Å². The average Bonchev–Trinajstić information content (AvgIpc) is 3.32. The van der Waals surface area contributed by atoms with E-state index in [1.165, 1.54) is 12.1 Å². The number of rotatable bonds is 5. The third-order valence-electron chi connectivity index (χ3n) is 6.05. The van der Waals surface area contributed by atoms with Crippen LogP contribution in [0.1, 0.15) is 34.7 Å². The molecule has 1 amide bonds. The van der Waals surface area contributed by atoms with Crippen LogP contribution in [0.25, 0.3) is 0 Å². The summed E-state index contributed by atoms with van der Waals surface area (Å²) < 4.78 is 15.7. The van der Waals surface area contributed by atoms with E-state index in [0.29, 0.717) is 31.9 Å². The van der Waals surface area contributed by atoms with Crippen molar-refractivity contribution in [2.45, 2.75) is 26.4 Å². The van der Waals surface area contributed by atoms with Crippen molar-refractivity contribution in [3.63, 3.8) is 0 Å². The summed E-state index contributed by atoms with van der Waals surface area (Å²) in [6.07, 6.45) is 0. The van der Waals surface area contributed by atoms with Crippen molar-refractivity contribution in [3.8, 4) is 0 Å². The maximum atomic E-state index is 14.0. The molecule has 7 nitrogen and oxygen atoms in total. The number of benzene rings is 1. The fraction of sp³-hybridized carbons (Fsp3) is 0.476. The summed E-state index contributed by atoms with van der Waals surface area (Å²) in [5.74, 6) is -1.14. The van der Waals surface area contributed by atoms with Crippen LogP contribution in [0.4, 0.5) is 4.39 Å². The summed E-state index contributed by atoms with van der Waals surface area (Å²) in [4.78, 5) is 28.2. The minimum absolute atomic E-state index is 0.0169. The van der Waals surface area contributed by atoms with Crippen molar-refractivity contribution < 1.29 is 19.1 Å². The second-order valence-corrected chi connectivity index (χ2v) is 7.96. The molecular weight excluding hydrogens is 375 g/mol. The second kappa shape index (κ2) is 7.59. The molecule has 2 aliphatic rings. The van der Waals surface area contributed by atoms with Crippen LogP contribution in [-0.4, -0.2) is 62.7 Å². The third-order valence-corrected chi connectivity index (χ3v) is 6.05. The standard InChI is InChI=1S/C21H25FN4O3/c1-3-26-13(2)7-18(23-26)21(29)25-10-15-9-24(12-19(27)28)11-17(15)20(25)14-5-4-6-16(22)8-14/h4-8,15,17,20H,3,9-12H2,1-2H3,(H,27,28)/t15-,17-,20+/m0/s1. The van der Waals surface area contributed by atoms with Gasteiger partial charge in [0.15, 0.2) is 5.69 Å². The Balaban J connectivity index is 1.66. The zero-order valence-electron chi connectivity index (χ0n) is 16.6. The molecule has 29 heavy (non-hydrogen) atoms. The Hall–Kier alpha value is -2.74. The molecule has 2 fully saturated rings. The number of carboxylic acids is 1. The van der Waals surface area contributed by atoms with Gasteiger partial charge in [0.05, 0.1) is 12.6 Å². The molecule has 0 aliphatic carbocycles. The Morgan fingerprint density at radius 1 is 1.24 bits per heavy atom. The number of nitrogens with zero attached hydrogens (tertiary/aromatic N) is 4. The van der Waals surface area contributed by atoms with E-state index < -0.39 is 5.97 Å². The Morgan fingerprint density at radius 2 is 2.03 bits per heavy atom. The summed E-state index contributed by atoms with van der Waals surface area (Å²) in [6.45, 7) is 6.26. The lowest BCUT2D eigenvalue weighted by Gasteiger charge is -2.29. The van der Waals surface area contributed by atoms with Crippen LogP contribution in [-0.2, 0) is 11.3 Å². The van der Waals surface area contributed by atoms with Crippen LogP contribution >= 0.6 is 0 Å². The predicted molar refractivity (Wildman–Crippen MR) is 104 cm³/mol. The van der Waals surface area contributed by atoms with Gasteiger partial charge in [0.25, 0.3) is 5.91 Å². The van der Waals surface area contributed by atoms with E-state index in [-0.39, 0.29) is 36.1 Å². The average molecular weight is 400 g/mol. The maximum Gasteiger partial charge on any atom is 0.317 e. The molecule has 3 heterocycles. The van der Waals surface area contributed by atoms with Gasteiger partial charge < -0.3 is 10.0 Å². The molecule has 4 rings (SSSR count). The molecule has 1 aromatic carbocycles. The van der Waals surface area contributed by atoms with Gasteiger partial charge in [-0.25, -0.2) is 4.39 Å². The first-order chi connectivity index (χ1) is 13.9. The lowest BCUT2D eigenvalue weighted by molar-refractivity contribution is -0.138. The number of hydrogen-bond donors (Lipinski definition) is 1. The number of halogens is 1. The molecule has 1 N–H and O–H groups in total. The van der Waals surface area contributed by atoms with Crippen LogP contribution in [0.5, 0.6) is 0 Å². The molecule has 0 saturated carbocycles. The molecule has 3 atom stereocenters. The SMILES string of the molecule is CCn1nc(C(=O)N2C[C@@H]3CN(CC(=O)O)C[C@@H]3[C@H]2c2cccc(F)c2)cc1C. The number of aliphatic carboxylic acids is 1. The lowest BCUT2D eigenvalue weighted by Crippen LogP contribution is -2.37. The number of aromatic nitrogens is 2. The molecular formula is C21H25FN4O3. The van der Waals surface area contributed by atoms with Crippen molar-refractivity contribution in [3.05, 3.63) is 53.1 Å². The molecule has 0 bridgehead atoms. The smallest absolute Gasteiger partial charge is 0.317 e. The van der Waals surface area contributed by atoms with Crippen molar-refractivity contribution in [1.29, 1.82) is 0 Å². The van der Waals surface area contributed by atoms with Gasteiger partial charge in [-0.2, -0.15) is 5.10 Å². The van der Waals surface area contributed by atoms with Gasteiger partial charge in [-0.05, 0) is 43.5 Å². The van der Waals surface area contributed by atoms with Gasteiger partial charge in [-0.3, -0.25) is 19.2 Å². The van der Waals surface area contributed by atoms with Gasteiger partial charge >= 0.3 is 5.97 Å². The summed E-state index contributed by atoms with van der Waals surface area (Å²) in [7, 11) is 0. The van der Waals surface area contributed by atoms with Crippen molar-refractivity contribution in [2.75, 3.05) is 26.2 Å². The highest BCUT2D eigenvalue weighted by molar-refractivity contribution is 5.93. The Bertz CT molecular complexity index is 944. The first-order valence-corrected chi connectivity index (χ1v) is 9.92. The third kappa shape index (κ3) is 3.64. The van der Waals surface area contributed by atoms with Crippen molar-refractivity contribution in [1.82, 2.24) is 19.6 Å². The van der Waals surface area contributed by atoms with Gasteiger partial charge in [0.2, 0.25) is 0 Å². The van der Waals surface area contributed by atoms with Crippen molar-refractivity contribution in [2.24, 2.45) is 11.8 Å². The number of fused-ring (bicyclic) bond motifs is 1. The van der Waals surface area contributed by atoms with E-state index in [1.54, 1.807) is 21.7 Å². The zero-order chi connectivity index (χ0) is 20.7. The lowest BCUT2D eigenvalue weighted by atomic mass is 9.89. The molecule has 2 aromatic rings. The monoisotopic (exact) mass is 400 g/mol. The molecule has 1 aromatic heterocycles. The minimum atomic E-state index is -0.860. The number of aryl methyl sites for hydroxylation is 2. The molecule has 8 heteroatoms. The molecule has 154 valence electrons. The molecule has 0 spiro atoms. The van der Waals surface area contributed by atoms with Crippen LogP contribution in [0.3, 0.4) is 0 Å². The number of hydrogen-bond acceptors (Lipinski definition) is 4. The Kier molecular flexibility index (Phi) is 5.12. The van der Waals surface area contributed by atoms with Gasteiger partial charge in [0, 0.05) is 37.8 Å². The van der Waals surface area contributed by atoms with E-state index in [1.807, 2.05) is 24.8 Å². The number of amides is 1. The van der Waals surface area contributed by atoms with Crippen molar-refractivity contribution >= 4 is 11.9 Å². The Labute approximate surface area is 168 Å². The summed E-state index contributed by atoms with van der Waals surface area (Å²) in [5, 5.41) is 13.6. The molecule has 2 aliphatic heterocycles. The fourth-order valence-electron chi connectivity index (χ4n) is 4.87. The maximum absolute atomic E-state index is 14.0. The number of likely N-dealkylation sites (tertiary alicyclic amines) is 2. The summed E-state index contributed by atoms with van der Waals surface area (Å²) >= 11 is 0. The largest absolute Gasteiger partial charge is 0.480 e. The zero-order valence-corrected chi connectivity index (χ0v) is 16.6. The quantitative estimate of drug-likeness (QED) is 0.832. The fourth-order valence-corrected chi connectivity index (χ4v) is 4.87. The van der Waals surface area contributed by atoms with Crippen LogP contribution < -0.4 is 0 Å². The number of carboxylic acid groups (broad SMARTS) is 1. The normalized spacial score (nSPS) is 24.1. The molecule has 2 saturated heterocycles. The first-order valence-electron chi connectivity index (χ1n) is 9.92. The van der Waals surface area contributed by atoms with Crippen LogP contribution in [0, 0.1) is 24.6 Å². The van der Waals surface area contributed by atoms with E-state index in [2.05, 4.69) is 5.10 Å². The van der Waals surface area contributed by atoms with Crippen LogP contribution in [0.2, 0.25) is 0 Å². The highest BCUT2D eigenvalue weighted by atomic mass is 19.1. The molecule has 0 radical (unpaired) electrons. The van der Waals surface area contributed by atoms with Gasteiger partial charge in [0.1, 0.15) is 5.82 Å². The van der Waals surface area contributed by atoms with Gasteiger partial charge in [-0.15, -0.1) is 0 Å². The van der Waals surface area contributed by atoms with E-state index in [0.717, 1.165) is 11.3 Å². The number of carbonyl (C=O) groups is 2. The minimum Gasteiger partial charge on any atom is -0.480 e. The topological polar surface area (TPSA) is 78.7 Å². The van der Waals surface area contributed by atoms with E-state index >= 15 is 0 Å². The van der Waals surface area contributed by atoms with E-state index in [4.69, 9.17) is 5.11 Å². The highest BCUT2D eigenvalue weighted by Crippen LogP contribution is 2.45. The highest BCUT2D eigenvalue weighted by Gasteiger charge is 2.49.